The Hall–Kier alpha value is -2.33. The lowest BCUT2D eigenvalue weighted by Gasteiger charge is -1.98. The molecule has 1 rings (SSSR count). The van der Waals surface area contributed by atoms with Crippen LogP contribution >= 0.6 is 0 Å². The molecule has 0 amide bonds. The molecule has 0 fully saturated rings. The minimum Gasteiger partial charge on any atom is -0.461 e. The quantitative estimate of drug-likeness (QED) is 0.427. The van der Waals surface area contributed by atoms with Gasteiger partial charge in [0, 0.05) is 13.0 Å². The molecule has 0 aliphatic carbocycles. The monoisotopic (exact) mass is 200 g/mol. The van der Waals surface area contributed by atoms with Crippen LogP contribution < -0.4 is 0 Å². The standard InChI is InChI=1S/C11H8N2O2/c1-11(8-12,13-2)6-5-9(14)10-4-3-7-15-10/h3-7H,1H3/b6-5+. The molecule has 1 aromatic heterocycles. The number of hydrogen-bond acceptors (Lipinski definition) is 3. The van der Waals surface area contributed by atoms with Gasteiger partial charge in [-0.25, -0.2) is 6.57 Å². The highest BCUT2D eigenvalue weighted by atomic mass is 16.3. The Bertz CT molecular complexity index is 444. The van der Waals surface area contributed by atoms with Gasteiger partial charge in [-0.15, -0.1) is 0 Å². The average Bonchev–Trinajstić information content (AvgIpc) is 2.79. The maximum atomic E-state index is 11.4. The molecule has 0 bridgehead atoms. The first-order valence-corrected chi connectivity index (χ1v) is 4.18. The zero-order valence-corrected chi connectivity index (χ0v) is 8.10. The Morgan fingerprint density at radius 3 is 3.00 bits per heavy atom. The van der Waals surface area contributed by atoms with Gasteiger partial charge < -0.3 is 4.42 Å². The van der Waals surface area contributed by atoms with E-state index in [0.717, 1.165) is 0 Å². The van der Waals surface area contributed by atoms with E-state index in [-0.39, 0.29) is 11.5 Å². The van der Waals surface area contributed by atoms with Gasteiger partial charge in [0.05, 0.1) is 6.26 Å². The lowest BCUT2D eigenvalue weighted by atomic mass is 10.0. The largest absolute Gasteiger partial charge is 0.461 e. The van der Waals surface area contributed by atoms with Crippen molar-refractivity contribution in [2.24, 2.45) is 0 Å². The van der Waals surface area contributed by atoms with E-state index in [1.54, 1.807) is 12.1 Å². The molecule has 1 aromatic rings. The lowest BCUT2D eigenvalue weighted by molar-refractivity contribution is 0.102. The number of carbonyl (C=O) groups is 1. The number of hydrogen-bond donors (Lipinski definition) is 0. The molecular formula is C11H8N2O2. The Morgan fingerprint density at radius 1 is 1.80 bits per heavy atom. The molecule has 0 saturated carbocycles. The molecule has 0 saturated heterocycles. The topological polar surface area (TPSA) is 58.4 Å². The average molecular weight is 200 g/mol. The summed E-state index contributed by atoms with van der Waals surface area (Å²) in [5.74, 6) is -0.165. The van der Waals surface area contributed by atoms with Crippen LogP contribution in [0.25, 0.3) is 4.85 Å². The lowest BCUT2D eigenvalue weighted by Crippen LogP contribution is -2.12. The van der Waals surface area contributed by atoms with E-state index in [1.807, 2.05) is 0 Å². The summed E-state index contributed by atoms with van der Waals surface area (Å²) in [6, 6.07) is 4.92. The summed E-state index contributed by atoms with van der Waals surface area (Å²) >= 11 is 0. The number of carbonyl (C=O) groups excluding carboxylic acids is 1. The number of nitrogens with zero attached hydrogens (tertiary/aromatic N) is 2. The first kappa shape index (κ1) is 10.7. The summed E-state index contributed by atoms with van der Waals surface area (Å²) in [6.07, 6.45) is 3.84. The van der Waals surface area contributed by atoms with E-state index in [1.165, 1.54) is 31.4 Å². The highest BCUT2D eigenvalue weighted by Crippen LogP contribution is 2.11. The van der Waals surface area contributed by atoms with Crippen LogP contribution in [0.15, 0.2) is 35.0 Å². The molecule has 1 unspecified atom stereocenters. The molecular weight excluding hydrogens is 192 g/mol. The zero-order chi connectivity index (χ0) is 11.3. The van der Waals surface area contributed by atoms with Crippen molar-refractivity contribution in [2.45, 2.75) is 12.5 Å². The number of allylic oxidation sites excluding steroid dienone is 1. The van der Waals surface area contributed by atoms with E-state index >= 15 is 0 Å². The summed E-state index contributed by atoms with van der Waals surface area (Å²) in [7, 11) is 0. The van der Waals surface area contributed by atoms with Crippen LogP contribution in [0.2, 0.25) is 0 Å². The predicted octanol–water partition coefficient (Wildman–Crippen LogP) is 2.22. The Morgan fingerprint density at radius 2 is 2.53 bits per heavy atom. The van der Waals surface area contributed by atoms with Gasteiger partial charge >= 0.3 is 5.54 Å². The number of rotatable bonds is 3. The van der Waals surface area contributed by atoms with E-state index in [0.29, 0.717) is 0 Å². The number of nitriles is 1. The molecule has 4 heteroatoms. The van der Waals surface area contributed by atoms with Crippen LogP contribution in [0.1, 0.15) is 17.5 Å². The Balaban J connectivity index is 2.81. The van der Waals surface area contributed by atoms with Crippen molar-refractivity contribution in [3.63, 3.8) is 0 Å². The van der Waals surface area contributed by atoms with Crippen molar-refractivity contribution in [3.05, 3.63) is 47.7 Å². The number of furan rings is 1. The SMILES string of the molecule is [C-]#[N+]C(C)(C#N)/C=C/C(=O)c1ccco1. The van der Waals surface area contributed by atoms with Gasteiger partial charge in [0.1, 0.15) is 0 Å². The summed E-state index contributed by atoms with van der Waals surface area (Å²) in [5, 5.41) is 8.68. The third-order valence-electron chi connectivity index (χ3n) is 1.78. The van der Waals surface area contributed by atoms with Gasteiger partial charge in [-0.1, -0.05) is 0 Å². The van der Waals surface area contributed by atoms with Gasteiger partial charge in [-0.05, 0) is 18.2 Å². The predicted molar refractivity (Wildman–Crippen MR) is 52.8 cm³/mol. The fourth-order valence-electron chi connectivity index (χ4n) is 0.838. The summed E-state index contributed by atoms with van der Waals surface area (Å²) in [6.45, 7) is 8.23. The molecule has 0 aliphatic heterocycles. The fraction of sp³-hybridized carbons (Fsp3) is 0.182. The Kier molecular flexibility index (Phi) is 3.05. The maximum Gasteiger partial charge on any atom is 0.331 e. The molecule has 0 N–H and O–H groups in total. The van der Waals surface area contributed by atoms with Crippen LogP contribution in [0.4, 0.5) is 0 Å². The third-order valence-corrected chi connectivity index (χ3v) is 1.78. The molecule has 1 atom stereocenters. The second-order valence-corrected chi connectivity index (χ2v) is 3.05. The second-order valence-electron chi connectivity index (χ2n) is 3.05. The summed E-state index contributed by atoms with van der Waals surface area (Å²) in [4.78, 5) is 14.5. The molecule has 0 aromatic carbocycles. The second kappa shape index (κ2) is 4.26. The van der Waals surface area contributed by atoms with Crippen molar-refractivity contribution in [3.8, 4) is 6.07 Å². The van der Waals surface area contributed by atoms with Crippen LogP contribution in [-0.2, 0) is 0 Å². The highest BCUT2D eigenvalue weighted by Gasteiger charge is 2.25. The van der Waals surface area contributed by atoms with Crippen molar-refractivity contribution < 1.29 is 9.21 Å². The molecule has 4 nitrogen and oxygen atoms in total. The van der Waals surface area contributed by atoms with E-state index in [9.17, 15) is 4.79 Å². The third kappa shape index (κ3) is 2.55. The van der Waals surface area contributed by atoms with Crippen LogP contribution in [-0.4, -0.2) is 11.3 Å². The molecule has 74 valence electrons. The highest BCUT2D eigenvalue weighted by molar-refractivity contribution is 6.02. The molecule has 0 radical (unpaired) electrons. The van der Waals surface area contributed by atoms with Crippen LogP contribution in [0.3, 0.4) is 0 Å². The van der Waals surface area contributed by atoms with Crippen molar-refractivity contribution in [2.75, 3.05) is 0 Å². The number of ketones is 1. The first-order chi connectivity index (χ1) is 7.11. The minimum absolute atomic E-state index is 0.191. The molecule has 0 spiro atoms. The van der Waals surface area contributed by atoms with Gasteiger partial charge in [0.25, 0.3) is 0 Å². The summed E-state index contributed by atoms with van der Waals surface area (Å²) < 4.78 is 4.87. The molecule has 1 heterocycles. The van der Waals surface area contributed by atoms with Gasteiger partial charge in [-0.2, -0.15) is 5.26 Å². The molecule has 0 aliphatic rings. The van der Waals surface area contributed by atoms with Crippen LogP contribution in [0.5, 0.6) is 0 Å². The smallest absolute Gasteiger partial charge is 0.331 e. The van der Waals surface area contributed by atoms with Crippen LogP contribution in [0, 0.1) is 17.9 Å². The summed E-state index contributed by atoms with van der Waals surface area (Å²) in [5.41, 5.74) is -1.29. The fourth-order valence-corrected chi connectivity index (χ4v) is 0.838. The van der Waals surface area contributed by atoms with E-state index < -0.39 is 5.54 Å². The van der Waals surface area contributed by atoms with Crippen molar-refractivity contribution >= 4 is 5.78 Å². The zero-order valence-electron chi connectivity index (χ0n) is 8.10. The van der Waals surface area contributed by atoms with Crippen molar-refractivity contribution in [1.29, 1.82) is 5.26 Å². The van der Waals surface area contributed by atoms with Gasteiger partial charge in [-0.3, -0.25) is 9.64 Å². The van der Waals surface area contributed by atoms with E-state index in [2.05, 4.69) is 4.85 Å². The Labute approximate surface area is 87.2 Å². The molecule has 15 heavy (non-hydrogen) atoms. The van der Waals surface area contributed by atoms with E-state index in [4.69, 9.17) is 16.3 Å². The maximum absolute atomic E-state index is 11.4. The van der Waals surface area contributed by atoms with Crippen molar-refractivity contribution in [1.82, 2.24) is 0 Å². The first-order valence-electron chi connectivity index (χ1n) is 4.18. The van der Waals surface area contributed by atoms with Gasteiger partial charge in [0.2, 0.25) is 5.78 Å². The minimum atomic E-state index is -1.29. The van der Waals surface area contributed by atoms with Gasteiger partial charge in [0.15, 0.2) is 11.8 Å². The normalized spacial score (nSPS) is 14.1.